The standard InChI is InChI=1S/C9H14N2O/c1-7-4-8(10)6-9(5-7)11-2-3-12/h4-6,11-12H,2-3,10H2,1H3. The van der Waals surface area contributed by atoms with Crippen LogP contribution >= 0.6 is 0 Å². The molecule has 3 nitrogen and oxygen atoms in total. The smallest absolute Gasteiger partial charge is 0.0604 e. The number of aliphatic hydroxyl groups is 1. The fraction of sp³-hybridized carbons (Fsp3) is 0.333. The number of nitrogens with two attached hydrogens (primary N) is 1. The van der Waals surface area contributed by atoms with E-state index in [9.17, 15) is 0 Å². The number of rotatable bonds is 3. The van der Waals surface area contributed by atoms with Gasteiger partial charge in [-0.05, 0) is 30.7 Å². The summed E-state index contributed by atoms with van der Waals surface area (Å²) in [6, 6.07) is 5.75. The number of aryl methyl sites for hydroxylation is 1. The van der Waals surface area contributed by atoms with E-state index in [2.05, 4.69) is 5.32 Å². The van der Waals surface area contributed by atoms with E-state index in [0.29, 0.717) is 6.54 Å². The number of nitrogen functional groups attached to an aromatic ring is 1. The van der Waals surface area contributed by atoms with Crippen LogP contribution in [0, 0.1) is 6.92 Å². The van der Waals surface area contributed by atoms with Crippen LogP contribution in [0.1, 0.15) is 5.56 Å². The highest BCUT2D eigenvalue weighted by molar-refractivity contribution is 5.56. The lowest BCUT2D eigenvalue weighted by atomic mass is 10.2. The number of hydrogen-bond acceptors (Lipinski definition) is 3. The van der Waals surface area contributed by atoms with Gasteiger partial charge in [-0.15, -0.1) is 0 Å². The van der Waals surface area contributed by atoms with E-state index >= 15 is 0 Å². The van der Waals surface area contributed by atoms with Crippen molar-refractivity contribution >= 4 is 11.4 Å². The maximum atomic E-state index is 8.57. The summed E-state index contributed by atoms with van der Waals surface area (Å²) in [7, 11) is 0. The van der Waals surface area contributed by atoms with Gasteiger partial charge in [-0.1, -0.05) is 0 Å². The Hall–Kier alpha value is -1.22. The van der Waals surface area contributed by atoms with E-state index in [1.165, 1.54) is 0 Å². The van der Waals surface area contributed by atoms with Crippen LogP contribution in [0.2, 0.25) is 0 Å². The largest absolute Gasteiger partial charge is 0.399 e. The molecule has 1 rings (SSSR count). The molecule has 0 fully saturated rings. The number of anilines is 2. The third-order valence-electron chi connectivity index (χ3n) is 1.54. The third-order valence-corrected chi connectivity index (χ3v) is 1.54. The van der Waals surface area contributed by atoms with Crippen LogP contribution in [0.3, 0.4) is 0 Å². The molecule has 0 atom stereocenters. The predicted molar refractivity (Wildman–Crippen MR) is 51.2 cm³/mol. The molecule has 0 spiro atoms. The fourth-order valence-electron chi connectivity index (χ4n) is 1.12. The Labute approximate surface area is 72.2 Å². The quantitative estimate of drug-likeness (QED) is 0.587. The molecule has 0 amide bonds. The zero-order chi connectivity index (χ0) is 8.97. The first kappa shape index (κ1) is 8.87. The van der Waals surface area contributed by atoms with Crippen LogP contribution in [0.4, 0.5) is 11.4 Å². The third kappa shape index (κ3) is 2.43. The Bertz CT molecular complexity index is 240. The molecule has 0 saturated carbocycles. The van der Waals surface area contributed by atoms with Crippen LogP contribution in [-0.4, -0.2) is 18.3 Å². The highest BCUT2D eigenvalue weighted by atomic mass is 16.3. The van der Waals surface area contributed by atoms with E-state index in [1.807, 2.05) is 25.1 Å². The summed E-state index contributed by atoms with van der Waals surface area (Å²) in [6.45, 7) is 2.68. The van der Waals surface area contributed by atoms with Crippen LogP contribution in [0.5, 0.6) is 0 Å². The molecule has 0 saturated heterocycles. The second kappa shape index (κ2) is 3.97. The van der Waals surface area contributed by atoms with Crippen LogP contribution < -0.4 is 11.1 Å². The molecule has 0 aliphatic rings. The van der Waals surface area contributed by atoms with Crippen molar-refractivity contribution in [1.29, 1.82) is 0 Å². The molecule has 0 unspecified atom stereocenters. The monoisotopic (exact) mass is 166 g/mol. The zero-order valence-electron chi connectivity index (χ0n) is 7.17. The molecule has 12 heavy (non-hydrogen) atoms. The number of hydrogen-bond donors (Lipinski definition) is 3. The normalized spacial score (nSPS) is 9.83. The molecular formula is C9H14N2O. The van der Waals surface area contributed by atoms with Gasteiger partial charge in [-0.25, -0.2) is 0 Å². The van der Waals surface area contributed by atoms with Gasteiger partial charge < -0.3 is 16.2 Å². The van der Waals surface area contributed by atoms with Crippen molar-refractivity contribution in [3.8, 4) is 0 Å². The highest BCUT2D eigenvalue weighted by Crippen LogP contribution is 2.15. The van der Waals surface area contributed by atoms with Crippen molar-refractivity contribution in [2.75, 3.05) is 24.2 Å². The maximum absolute atomic E-state index is 8.57. The first-order valence-corrected chi connectivity index (χ1v) is 3.94. The van der Waals surface area contributed by atoms with Crippen LogP contribution in [0.25, 0.3) is 0 Å². The summed E-state index contributed by atoms with van der Waals surface area (Å²) in [4.78, 5) is 0. The van der Waals surface area contributed by atoms with Gasteiger partial charge in [0.05, 0.1) is 6.61 Å². The van der Waals surface area contributed by atoms with Crippen molar-refractivity contribution in [2.45, 2.75) is 6.92 Å². The van der Waals surface area contributed by atoms with Gasteiger partial charge in [-0.3, -0.25) is 0 Å². The minimum absolute atomic E-state index is 0.133. The lowest BCUT2D eigenvalue weighted by Gasteiger charge is -2.06. The highest BCUT2D eigenvalue weighted by Gasteiger charge is 1.93. The predicted octanol–water partition coefficient (Wildman–Crippen LogP) is 0.981. The van der Waals surface area contributed by atoms with E-state index in [0.717, 1.165) is 16.9 Å². The lowest BCUT2D eigenvalue weighted by molar-refractivity contribution is 0.311. The number of benzene rings is 1. The number of aliphatic hydroxyl groups excluding tert-OH is 1. The minimum Gasteiger partial charge on any atom is -0.399 e. The summed E-state index contributed by atoms with van der Waals surface area (Å²) in [6.07, 6.45) is 0. The molecule has 0 heterocycles. The average molecular weight is 166 g/mol. The first-order valence-electron chi connectivity index (χ1n) is 3.94. The second-order valence-electron chi connectivity index (χ2n) is 2.78. The summed E-state index contributed by atoms with van der Waals surface area (Å²) in [5, 5.41) is 11.6. The van der Waals surface area contributed by atoms with Gasteiger partial charge in [0.1, 0.15) is 0 Å². The van der Waals surface area contributed by atoms with Crippen molar-refractivity contribution in [1.82, 2.24) is 0 Å². The van der Waals surface area contributed by atoms with Gasteiger partial charge in [-0.2, -0.15) is 0 Å². The summed E-state index contributed by atoms with van der Waals surface area (Å²) in [5.41, 5.74) is 8.45. The fourth-order valence-corrected chi connectivity index (χ4v) is 1.12. The lowest BCUT2D eigenvalue weighted by Crippen LogP contribution is -2.05. The van der Waals surface area contributed by atoms with Crippen molar-refractivity contribution in [3.63, 3.8) is 0 Å². The van der Waals surface area contributed by atoms with Gasteiger partial charge in [0, 0.05) is 17.9 Å². The number of nitrogens with one attached hydrogen (secondary N) is 1. The average Bonchev–Trinajstić information content (AvgIpc) is 1.99. The van der Waals surface area contributed by atoms with E-state index < -0.39 is 0 Å². The topological polar surface area (TPSA) is 58.3 Å². The van der Waals surface area contributed by atoms with E-state index in [4.69, 9.17) is 10.8 Å². The summed E-state index contributed by atoms with van der Waals surface area (Å²) >= 11 is 0. The van der Waals surface area contributed by atoms with Crippen molar-refractivity contribution in [3.05, 3.63) is 23.8 Å². The Balaban J connectivity index is 2.72. The molecular weight excluding hydrogens is 152 g/mol. The van der Waals surface area contributed by atoms with Crippen molar-refractivity contribution < 1.29 is 5.11 Å². The molecule has 1 aromatic carbocycles. The Morgan fingerprint density at radius 2 is 2.17 bits per heavy atom. The Morgan fingerprint density at radius 1 is 1.42 bits per heavy atom. The molecule has 0 bridgehead atoms. The minimum atomic E-state index is 0.133. The van der Waals surface area contributed by atoms with E-state index in [1.54, 1.807) is 0 Å². The molecule has 0 aliphatic heterocycles. The Kier molecular flexibility index (Phi) is 2.94. The molecule has 0 aliphatic carbocycles. The Morgan fingerprint density at radius 3 is 2.75 bits per heavy atom. The summed E-state index contributed by atoms with van der Waals surface area (Å²) < 4.78 is 0. The summed E-state index contributed by atoms with van der Waals surface area (Å²) in [5.74, 6) is 0. The van der Waals surface area contributed by atoms with E-state index in [-0.39, 0.29) is 6.61 Å². The van der Waals surface area contributed by atoms with Gasteiger partial charge in [0.25, 0.3) is 0 Å². The second-order valence-corrected chi connectivity index (χ2v) is 2.78. The molecule has 0 aromatic heterocycles. The molecule has 66 valence electrons. The molecule has 3 heteroatoms. The molecule has 0 radical (unpaired) electrons. The van der Waals surface area contributed by atoms with Crippen LogP contribution in [-0.2, 0) is 0 Å². The SMILES string of the molecule is Cc1cc(N)cc(NCCO)c1. The van der Waals surface area contributed by atoms with Gasteiger partial charge in [0.2, 0.25) is 0 Å². The van der Waals surface area contributed by atoms with Crippen molar-refractivity contribution in [2.24, 2.45) is 0 Å². The van der Waals surface area contributed by atoms with Crippen LogP contribution in [0.15, 0.2) is 18.2 Å². The zero-order valence-corrected chi connectivity index (χ0v) is 7.17. The first-order chi connectivity index (χ1) is 5.72. The van der Waals surface area contributed by atoms with Gasteiger partial charge >= 0.3 is 0 Å². The molecule has 1 aromatic rings. The molecule has 4 N–H and O–H groups in total. The van der Waals surface area contributed by atoms with Gasteiger partial charge in [0.15, 0.2) is 0 Å². The maximum Gasteiger partial charge on any atom is 0.0604 e.